The van der Waals surface area contributed by atoms with Gasteiger partial charge in [-0.2, -0.15) is 0 Å². The Bertz CT molecular complexity index is 398. The van der Waals surface area contributed by atoms with Crippen LogP contribution < -0.4 is 10.2 Å². The molecule has 16 heavy (non-hydrogen) atoms. The summed E-state index contributed by atoms with van der Waals surface area (Å²) in [5.74, 6) is 0.820. The molecule has 2 heterocycles. The standard InChI is InChI=1S/C10H13ClN4O/c1-7(16)14-8-2-3-15(5-8)10-4-9(11)12-6-13-10/h4,6,8H,2-3,5H2,1H3,(H,14,16). The van der Waals surface area contributed by atoms with E-state index in [-0.39, 0.29) is 11.9 Å². The number of hydrogen-bond acceptors (Lipinski definition) is 4. The average molecular weight is 241 g/mol. The Balaban J connectivity index is 2.00. The molecule has 86 valence electrons. The second kappa shape index (κ2) is 4.65. The molecule has 1 fully saturated rings. The van der Waals surface area contributed by atoms with Crippen LogP contribution >= 0.6 is 11.6 Å². The molecule has 1 atom stereocenters. The van der Waals surface area contributed by atoms with Gasteiger partial charge in [0.25, 0.3) is 0 Å². The van der Waals surface area contributed by atoms with Crippen LogP contribution in [0.25, 0.3) is 0 Å². The monoisotopic (exact) mass is 240 g/mol. The van der Waals surface area contributed by atoms with E-state index in [2.05, 4.69) is 20.2 Å². The fourth-order valence-electron chi connectivity index (χ4n) is 1.87. The second-order valence-corrected chi connectivity index (χ2v) is 4.22. The van der Waals surface area contributed by atoms with Gasteiger partial charge in [0.15, 0.2) is 0 Å². The molecule has 1 aromatic rings. The van der Waals surface area contributed by atoms with Gasteiger partial charge in [0.05, 0.1) is 0 Å². The maximum Gasteiger partial charge on any atom is 0.217 e. The van der Waals surface area contributed by atoms with E-state index in [9.17, 15) is 4.79 Å². The van der Waals surface area contributed by atoms with Gasteiger partial charge in [0.1, 0.15) is 17.3 Å². The highest BCUT2D eigenvalue weighted by molar-refractivity contribution is 6.29. The first-order chi connectivity index (χ1) is 7.65. The predicted octanol–water partition coefficient (Wildman–Crippen LogP) is 0.845. The van der Waals surface area contributed by atoms with Crippen molar-refractivity contribution in [2.75, 3.05) is 18.0 Å². The third-order valence-electron chi connectivity index (χ3n) is 2.54. The van der Waals surface area contributed by atoms with E-state index < -0.39 is 0 Å². The molecule has 0 aromatic carbocycles. The van der Waals surface area contributed by atoms with Gasteiger partial charge >= 0.3 is 0 Å². The Morgan fingerprint density at radius 3 is 3.12 bits per heavy atom. The number of halogens is 1. The molecule has 1 unspecified atom stereocenters. The highest BCUT2D eigenvalue weighted by Crippen LogP contribution is 2.19. The summed E-state index contributed by atoms with van der Waals surface area (Å²) in [6.45, 7) is 3.18. The molecule has 1 aromatic heterocycles. The maximum absolute atomic E-state index is 10.9. The summed E-state index contributed by atoms with van der Waals surface area (Å²) in [4.78, 5) is 21.0. The van der Waals surface area contributed by atoms with Gasteiger partial charge in [-0.25, -0.2) is 9.97 Å². The van der Waals surface area contributed by atoms with Crippen LogP contribution in [0.5, 0.6) is 0 Å². The number of anilines is 1. The van der Waals surface area contributed by atoms with E-state index in [0.29, 0.717) is 5.15 Å². The van der Waals surface area contributed by atoms with E-state index in [1.165, 1.54) is 13.3 Å². The molecule has 1 aliphatic rings. The van der Waals surface area contributed by atoms with E-state index in [1.54, 1.807) is 6.07 Å². The van der Waals surface area contributed by atoms with E-state index in [4.69, 9.17) is 11.6 Å². The smallest absolute Gasteiger partial charge is 0.217 e. The molecule has 0 bridgehead atoms. The lowest BCUT2D eigenvalue weighted by Gasteiger charge is -2.17. The summed E-state index contributed by atoms with van der Waals surface area (Å²) in [7, 11) is 0. The molecule has 0 aliphatic carbocycles. The first-order valence-electron chi connectivity index (χ1n) is 5.15. The molecule has 1 saturated heterocycles. The van der Waals surface area contributed by atoms with Crippen LogP contribution in [0.3, 0.4) is 0 Å². The quantitative estimate of drug-likeness (QED) is 0.779. The number of rotatable bonds is 2. The average Bonchev–Trinajstić information content (AvgIpc) is 2.65. The van der Waals surface area contributed by atoms with Crippen molar-refractivity contribution >= 4 is 23.3 Å². The molecule has 5 nitrogen and oxygen atoms in total. The number of hydrogen-bond donors (Lipinski definition) is 1. The number of amides is 1. The van der Waals surface area contributed by atoms with Gasteiger partial charge in [-0.05, 0) is 6.42 Å². The topological polar surface area (TPSA) is 58.1 Å². The molecule has 1 amide bonds. The van der Waals surface area contributed by atoms with Crippen molar-refractivity contribution in [3.8, 4) is 0 Å². The Morgan fingerprint density at radius 2 is 2.44 bits per heavy atom. The van der Waals surface area contributed by atoms with Gasteiger partial charge in [0.2, 0.25) is 5.91 Å². The summed E-state index contributed by atoms with van der Waals surface area (Å²) in [5.41, 5.74) is 0. The molecule has 1 aliphatic heterocycles. The third kappa shape index (κ3) is 2.61. The summed E-state index contributed by atoms with van der Waals surface area (Å²) in [6, 6.07) is 1.93. The molecule has 0 saturated carbocycles. The zero-order valence-electron chi connectivity index (χ0n) is 8.98. The number of nitrogens with one attached hydrogen (secondary N) is 1. The zero-order valence-corrected chi connectivity index (χ0v) is 9.74. The highest BCUT2D eigenvalue weighted by Gasteiger charge is 2.23. The fraction of sp³-hybridized carbons (Fsp3) is 0.500. The maximum atomic E-state index is 10.9. The number of carbonyl (C=O) groups excluding carboxylic acids is 1. The number of nitrogens with zero attached hydrogens (tertiary/aromatic N) is 3. The largest absolute Gasteiger partial charge is 0.354 e. The molecular weight excluding hydrogens is 228 g/mol. The summed E-state index contributed by atoms with van der Waals surface area (Å²) < 4.78 is 0. The minimum atomic E-state index is 0.00701. The van der Waals surface area contributed by atoms with Crippen molar-refractivity contribution < 1.29 is 4.79 Å². The van der Waals surface area contributed by atoms with Crippen LogP contribution in [0.1, 0.15) is 13.3 Å². The SMILES string of the molecule is CC(=O)NC1CCN(c2cc(Cl)ncn2)C1. The molecule has 1 N–H and O–H groups in total. The Morgan fingerprint density at radius 1 is 1.62 bits per heavy atom. The van der Waals surface area contributed by atoms with Gasteiger partial charge in [0, 0.05) is 32.1 Å². The lowest BCUT2D eigenvalue weighted by atomic mass is 10.3. The van der Waals surface area contributed by atoms with Crippen LogP contribution in [-0.4, -0.2) is 35.0 Å². The lowest BCUT2D eigenvalue weighted by Crippen LogP contribution is -2.35. The third-order valence-corrected chi connectivity index (χ3v) is 2.75. The van der Waals surface area contributed by atoms with Crippen molar-refractivity contribution in [2.24, 2.45) is 0 Å². The number of carbonyl (C=O) groups is 1. The van der Waals surface area contributed by atoms with Crippen molar-refractivity contribution in [1.29, 1.82) is 0 Å². The van der Waals surface area contributed by atoms with Crippen molar-refractivity contribution in [3.63, 3.8) is 0 Å². The van der Waals surface area contributed by atoms with Gasteiger partial charge < -0.3 is 10.2 Å². The van der Waals surface area contributed by atoms with Crippen LogP contribution in [-0.2, 0) is 4.79 Å². The Kier molecular flexibility index (Phi) is 3.24. The van der Waals surface area contributed by atoms with Gasteiger partial charge in [-0.3, -0.25) is 4.79 Å². The van der Waals surface area contributed by atoms with Crippen LogP contribution in [0.4, 0.5) is 5.82 Å². The van der Waals surface area contributed by atoms with E-state index >= 15 is 0 Å². The molecule has 2 rings (SSSR count). The van der Waals surface area contributed by atoms with Crippen LogP contribution in [0, 0.1) is 0 Å². The van der Waals surface area contributed by atoms with Gasteiger partial charge in [-0.15, -0.1) is 0 Å². The zero-order chi connectivity index (χ0) is 11.5. The molecule has 6 heteroatoms. The van der Waals surface area contributed by atoms with E-state index in [0.717, 1.165) is 25.3 Å². The predicted molar refractivity (Wildman–Crippen MR) is 61.5 cm³/mol. The minimum absolute atomic E-state index is 0.00701. The lowest BCUT2D eigenvalue weighted by molar-refractivity contribution is -0.119. The highest BCUT2D eigenvalue weighted by atomic mass is 35.5. The minimum Gasteiger partial charge on any atom is -0.354 e. The molecule has 0 spiro atoms. The normalized spacial score (nSPS) is 19.9. The van der Waals surface area contributed by atoms with E-state index in [1.807, 2.05) is 0 Å². The molecule has 0 radical (unpaired) electrons. The summed E-state index contributed by atoms with van der Waals surface area (Å²) in [6.07, 6.45) is 2.38. The summed E-state index contributed by atoms with van der Waals surface area (Å²) >= 11 is 5.80. The number of aromatic nitrogens is 2. The van der Waals surface area contributed by atoms with Crippen LogP contribution in [0.2, 0.25) is 5.15 Å². The van der Waals surface area contributed by atoms with Crippen molar-refractivity contribution in [1.82, 2.24) is 15.3 Å². The summed E-state index contributed by atoms with van der Waals surface area (Å²) in [5, 5.41) is 3.34. The van der Waals surface area contributed by atoms with Crippen molar-refractivity contribution in [3.05, 3.63) is 17.5 Å². The second-order valence-electron chi connectivity index (χ2n) is 3.83. The van der Waals surface area contributed by atoms with Gasteiger partial charge in [-0.1, -0.05) is 11.6 Å². The first-order valence-corrected chi connectivity index (χ1v) is 5.52. The van der Waals surface area contributed by atoms with Crippen LogP contribution in [0.15, 0.2) is 12.4 Å². The molecular formula is C10H13ClN4O. The first kappa shape index (κ1) is 11.1. The fourth-order valence-corrected chi connectivity index (χ4v) is 2.01. The van der Waals surface area contributed by atoms with Crippen molar-refractivity contribution in [2.45, 2.75) is 19.4 Å². The Labute approximate surface area is 98.8 Å². The Hall–Kier alpha value is -1.36.